The van der Waals surface area contributed by atoms with Crippen molar-refractivity contribution in [1.82, 2.24) is 26.6 Å². The summed E-state index contributed by atoms with van der Waals surface area (Å²) in [5.41, 5.74) is 0.547. The van der Waals surface area contributed by atoms with E-state index in [1.54, 1.807) is 6.26 Å². The Hall–Kier alpha value is -3.40. The standard InChI is InChI=1S/C27H41N5O9S/c1-14(33)21(32-26(39)22(15(2)34)31-23(36)18-5-4-11-28-18)25(38)29-19(10-12-42-3)24(37)30-20(27(40)41)13-16-6-8-17(35)9-7-16/h6-9,14-15,18-22,28,33-35H,4-5,10-13H2,1-3H3,(H,29,38)(H,30,37)(H,31,36)(H,32,39)(H,40,41)/t14-,15-,18+,19+,20+,21+,22+/m1/s1. The Labute approximate surface area is 248 Å². The first-order chi connectivity index (χ1) is 19.8. The molecule has 42 heavy (non-hydrogen) atoms. The number of phenols is 1. The first-order valence-electron chi connectivity index (χ1n) is 13.6. The van der Waals surface area contributed by atoms with Crippen LogP contribution in [-0.2, 0) is 30.4 Å². The number of phenolic OH excluding ortho intramolecular Hbond substituents is 1. The van der Waals surface area contributed by atoms with E-state index < -0.39 is 72.0 Å². The number of carbonyl (C=O) groups is 5. The van der Waals surface area contributed by atoms with Crippen molar-refractivity contribution >= 4 is 41.4 Å². The molecule has 0 spiro atoms. The number of aliphatic hydroxyl groups excluding tert-OH is 2. The SMILES string of the molecule is CSCC[C@H](NC(=O)[C@@H](NC(=O)[C@@H](NC(=O)[C@@H]1CCCN1)[C@@H](C)O)[C@@H](C)O)C(=O)N[C@@H](Cc1ccc(O)cc1)C(=O)O. The molecular formula is C27H41N5O9S. The molecule has 1 aromatic rings. The van der Waals surface area contributed by atoms with Crippen molar-refractivity contribution in [2.45, 2.75) is 81.9 Å². The van der Waals surface area contributed by atoms with E-state index in [4.69, 9.17) is 0 Å². The van der Waals surface area contributed by atoms with Gasteiger partial charge in [-0.25, -0.2) is 4.79 Å². The van der Waals surface area contributed by atoms with E-state index in [1.807, 2.05) is 0 Å². The van der Waals surface area contributed by atoms with Gasteiger partial charge in [0.2, 0.25) is 23.6 Å². The van der Waals surface area contributed by atoms with Crippen molar-refractivity contribution in [3.8, 4) is 5.75 Å². The molecule has 14 nitrogen and oxygen atoms in total. The van der Waals surface area contributed by atoms with Crippen molar-refractivity contribution in [2.24, 2.45) is 0 Å². The summed E-state index contributed by atoms with van der Waals surface area (Å²) in [7, 11) is 0. The number of aliphatic hydroxyl groups is 2. The van der Waals surface area contributed by atoms with Gasteiger partial charge in [0, 0.05) is 6.42 Å². The number of benzene rings is 1. The van der Waals surface area contributed by atoms with Gasteiger partial charge in [0.15, 0.2) is 0 Å². The molecule has 9 N–H and O–H groups in total. The minimum Gasteiger partial charge on any atom is -0.508 e. The topological polar surface area (TPSA) is 226 Å². The van der Waals surface area contributed by atoms with Crippen molar-refractivity contribution in [1.29, 1.82) is 0 Å². The van der Waals surface area contributed by atoms with Crippen LogP contribution in [0.25, 0.3) is 0 Å². The predicted molar refractivity (Wildman–Crippen MR) is 155 cm³/mol. The maximum atomic E-state index is 13.2. The number of thioether (sulfide) groups is 1. The molecule has 0 aromatic heterocycles. The van der Waals surface area contributed by atoms with Crippen molar-refractivity contribution in [3.63, 3.8) is 0 Å². The van der Waals surface area contributed by atoms with Gasteiger partial charge in [-0.15, -0.1) is 0 Å². The Kier molecular flexibility index (Phi) is 14.0. The van der Waals surface area contributed by atoms with Gasteiger partial charge in [-0.2, -0.15) is 11.8 Å². The number of hydrogen-bond donors (Lipinski definition) is 9. The molecule has 4 amide bonds. The van der Waals surface area contributed by atoms with E-state index in [9.17, 15) is 44.4 Å². The third-order valence-corrected chi connectivity index (χ3v) is 7.38. The molecule has 0 unspecified atom stereocenters. The van der Waals surface area contributed by atoms with E-state index in [-0.39, 0.29) is 18.6 Å². The van der Waals surface area contributed by atoms with Crippen molar-refractivity contribution < 1.29 is 44.4 Å². The molecule has 1 saturated heterocycles. The number of carboxylic acid groups (broad SMARTS) is 1. The van der Waals surface area contributed by atoms with E-state index in [1.165, 1.54) is 49.9 Å². The fourth-order valence-electron chi connectivity index (χ4n) is 4.32. The molecule has 15 heteroatoms. The van der Waals surface area contributed by atoms with Crippen LogP contribution >= 0.6 is 11.8 Å². The van der Waals surface area contributed by atoms with E-state index in [2.05, 4.69) is 26.6 Å². The highest BCUT2D eigenvalue weighted by Gasteiger charge is 2.35. The number of carbonyl (C=O) groups excluding carboxylic acids is 4. The Bertz CT molecular complexity index is 1080. The summed E-state index contributed by atoms with van der Waals surface area (Å²) < 4.78 is 0. The minimum atomic E-state index is -1.56. The average Bonchev–Trinajstić information content (AvgIpc) is 3.48. The van der Waals surface area contributed by atoms with Gasteiger partial charge in [0.1, 0.15) is 29.9 Å². The quantitative estimate of drug-likeness (QED) is 0.102. The normalized spacial score (nSPS) is 18.9. The first kappa shape index (κ1) is 34.8. The second kappa shape index (κ2) is 16.9. The molecule has 0 bridgehead atoms. The van der Waals surface area contributed by atoms with Crippen LogP contribution in [0.5, 0.6) is 5.75 Å². The lowest BCUT2D eigenvalue weighted by molar-refractivity contribution is -0.142. The molecule has 1 aromatic carbocycles. The summed E-state index contributed by atoms with van der Waals surface area (Å²) in [5.74, 6) is -3.98. The summed E-state index contributed by atoms with van der Waals surface area (Å²) in [4.78, 5) is 63.7. The van der Waals surface area contributed by atoms with Gasteiger partial charge >= 0.3 is 5.97 Å². The highest BCUT2D eigenvalue weighted by Crippen LogP contribution is 2.12. The van der Waals surface area contributed by atoms with Crippen LogP contribution in [0.4, 0.5) is 0 Å². The van der Waals surface area contributed by atoms with Crippen molar-refractivity contribution in [3.05, 3.63) is 29.8 Å². The maximum Gasteiger partial charge on any atom is 0.326 e. The smallest absolute Gasteiger partial charge is 0.326 e. The zero-order valence-electron chi connectivity index (χ0n) is 23.8. The maximum absolute atomic E-state index is 13.2. The van der Waals surface area contributed by atoms with Crippen LogP contribution in [0, 0.1) is 0 Å². The van der Waals surface area contributed by atoms with Gasteiger partial charge in [0.05, 0.1) is 18.2 Å². The van der Waals surface area contributed by atoms with Crippen LogP contribution in [-0.4, -0.2) is 111 Å². The lowest BCUT2D eigenvalue weighted by Crippen LogP contribution is -2.62. The second-order valence-electron chi connectivity index (χ2n) is 10.2. The molecule has 0 saturated carbocycles. The summed E-state index contributed by atoms with van der Waals surface area (Å²) >= 11 is 1.39. The van der Waals surface area contributed by atoms with Gasteiger partial charge < -0.3 is 47.0 Å². The molecule has 234 valence electrons. The largest absolute Gasteiger partial charge is 0.508 e. The molecule has 1 aliphatic rings. The fourth-order valence-corrected chi connectivity index (χ4v) is 4.79. The Balaban J connectivity index is 2.12. The van der Waals surface area contributed by atoms with E-state index >= 15 is 0 Å². The summed E-state index contributed by atoms with van der Waals surface area (Å²) in [6.45, 7) is 3.19. The molecule has 0 radical (unpaired) electrons. The minimum absolute atomic E-state index is 0.00206. The Morgan fingerprint density at radius 1 is 0.905 bits per heavy atom. The number of aromatic hydroxyl groups is 1. The summed E-state index contributed by atoms with van der Waals surface area (Å²) in [6.07, 6.45) is 0.409. The van der Waals surface area contributed by atoms with E-state index in [0.717, 1.165) is 6.42 Å². The summed E-state index contributed by atoms with van der Waals surface area (Å²) in [6, 6.07) is -0.214. The zero-order valence-corrected chi connectivity index (χ0v) is 24.6. The Morgan fingerprint density at radius 2 is 1.48 bits per heavy atom. The molecule has 1 aliphatic heterocycles. The van der Waals surface area contributed by atoms with Crippen LogP contribution in [0.1, 0.15) is 38.7 Å². The number of nitrogens with one attached hydrogen (secondary N) is 5. The van der Waals surface area contributed by atoms with Crippen LogP contribution in [0.15, 0.2) is 24.3 Å². The monoisotopic (exact) mass is 611 g/mol. The second-order valence-corrected chi connectivity index (χ2v) is 11.2. The third-order valence-electron chi connectivity index (χ3n) is 6.74. The summed E-state index contributed by atoms with van der Waals surface area (Å²) in [5, 5.41) is 52.3. The number of carboxylic acids is 1. The number of amides is 4. The molecule has 2 rings (SSSR count). The molecule has 0 aliphatic carbocycles. The number of hydrogen-bond acceptors (Lipinski definition) is 10. The molecule has 1 fully saturated rings. The molecule has 7 atom stereocenters. The number of rotatable bonds is 16. The van der Waals surface area contributed by atoms with Crippen LogP contribution in [0.3, 0.4) is 0 Å². The van der Waals surface area contributed by atoms with Gasteiger partial charge in [-0.1, -0.05) is 12.1 Å². The van der Waals surface area contributed by atoms with Gasteiger partial charge in [-0.05, 0) is 69.4 Å². The van der Waals surface area contributed by atoms with Gasteiger partial charge in [0.25, 0.3) is 0 Å². The van der Waals surface area contributed by atoms with Crippen LogP contribution < -0.4 is 26.6 Å². The van der Waals surface area contributed by atoms with Crippen molar-refractivity contribution in [2.75, 3.05) is 18.6 Å². The predicted octanol–water partition coefficient (Wildman–Crippen LogP) is -1.77. The number of aliphatic carboxylic acids is 1. The zero-order chi connectivity index (χ0) is 31.4. The van der Waals surface area contributed by atoms with Crippen LogP contribution in [0.2, 0.25) is 0 Å². The lowest BCUT2D eigenvalue weighted by Gasteiger charge is -2.28. The Morgan fingerprint density at radius 3 is 2.00 bits per heavy atom. The molecular weight excluding hydrogens is 570 g/mol. The highest BCUT2D eigenvalue weighted by molar-refractivity contribution is 7.98. The van der Waals surface area contributed by atoms with E-state index in [0.29, 0.717) is 24.3 Å². The fraction of sp³-hybridized carbons (Fsp3) is 0.593. The van der Waals surface area contributed by atoms with Gasteiger partial charge in [-0.3, -0.25) is 19.2 Å². The average molecular weight is 612 g/mol. The molecule has 1 heterocycles. The first-order valence-corrected chi connectivity index (χ1v) is 15.0. The highest BCUT2D eigenvalue weighted by atomic mass is 32.2. The third kappa shape index (κ3) is 10.8. The lowest BCUT2D eigenvalue weighted by atomic mass is 10.0.